The van der Waals surface area contributed by atoms with Crippen molar-refractivity contribution in [2.45, 2.75) is 33.2 Å². The molecular formula is C21H23NO3S. The molecule has 2 aliphatic rings. The number of rotatable bonds is 3. The minimum absolute atomic E-state index is 0.0313. The van der Waals surface area contributed by atoms with Crippen LogP contribution in [0.3, 0.4) is 0 Å². The van der Waals surface area contributed by atoms with Crippen LogP contribution in [-0.2, 0) is 6.54 Å². The molecule has 0 atom stereocenters. The lowest BCUT2D eigenvalue weighted by atomic mass is 9.98. The second-order valence-electron chi connectivity index (χ2n) is 7.44. The number of thiophene rings is 1. The molecule has 0 aliphatic carbocycles. The molecule has 1 saturated heterocycles. The Bertz CT molecular complexity index is 875. The fourth-order valence-corrected chi connectivity index (χ4v) is 4.55. The number of aryl methyl sites for hydroxylation is 1. The Kier molecular flexibility index (Phi) is 4.59. The van der Waals surface area contributed by atoms with Crippen LogP contribution in [0.1, 0.15) is 46.1 Å². The van der Waals surface area contributed by atoms with Crippen molar-refractivity contribution in [3.63, 3.8) is 0 Å². The third-order valence-electron chi connectivity index (χ3n) is 5.47. The zero-order valence-corrected chi connectivity index (χ0v) is 15.9. The molecule has 0 bridgehead atoms. The van der Waals surface area contributed by atoms with Crippen LogP contribution in [0.15, 0.2) is 29.3 Å². The van der Waals surface area contributed by atoms with Crippen molar-refractivity contribution in [3.8, 4) is 11.5 Å². The third-order valence-corrected chi connectivity index (χ3v) is 6.44. The molecule has 1 N–H and O–H groups in total. The van der Waals surface area contributed by atoms with E-state index in [1.165, 1.54) is 23.8 Å². The van der Waals surface area contributed by atoms with Crippen molar-refractivity contribution < 1.29 is 19.5 Å². The maximum absolute atomic E-state index is 12.7. The van der Waals surface area contributed by atoms with Crippen LogP contribution < -0.4 is 14.7 Å². The summed E-state index contributed by atoms with van der Waals surface area (Å²) in [6.45, 7) is 7.05. The summed E-state index contributed by atoms with van der Waals surface area (Å²) in [6.07, 6.45) is 4.16. The molecule has 3 heterocycles. The van der Waals surface area contributed by atoms with Crippen LogP contribution in [0.5, 0.6) is 11.5 Å². The summed E-state index contributed by atoms with van der Waals surface area (Å²) in [6, 6.07) is 5.14. The van der Waals surface area contributed by atoms with Gasteiger partial charge in [-0.3, -0.25) is 4.79 Å². The summed E-state index contributed by atoms with van der Waals surface area (Å²) in [5.41, 5.74) is 2.28. The Labute approximate surface area is 157 Å². The maximum atomic E-state index is 12.7. The van der Waals surface area contributed by atoms with Crippen molar-refractivity contribution in [1.82, 2.24) is 0 Å². The molecule has 0 unspecified atom stereocenters. The van der Waals surface area contributed by atoms with Gasteiger partial charge in [-0.1, -0.05) is 18.7 Å². The van der Waals surface area contributed by atoms with E-state index in [1.807, 2.05) is 18.4 Å². The van der Waals surface area contributed by atoms with Crippen molar-refractivity contribution in [2.24, 2.45) is 5.92 Å². The molecule has 26 heavy (non-hydrogen) atoms. The SMILES string of the molecule is Cc1ccsc1C=C1Oc2c(ccc([O-])c2C[NH+]2CCC(C)CC2)C1=O. The van der Waals surface area contributed by atoms with Gasteiger partial charge >= 0.3 is 0 Å². The van der Waals surface area contributed by atoms with Crippen LogP contribution in [0.4, 0.5) is 0 Å². The first-order valence-electron chi connectivity index (χ1n) is 9.17. The molecule has 0 amide bonds. The largest absolute Gasteiger partial charge is 0.872 e. The van der Waals surface area contributed by atoms with Crippen LogP contribution in [0.2, 0.25) is 0 Å². The molecule has 2 aliphatic heterocycles. The molecule has 5 heteroatoms. The Hall–Kier alpha value is -2.11. The second kappa shape index (κ2) is 6.89. The standard InChI is InChI=1S/C21H23NO3S/c1-13-5-8-22(9-6-13)12-16-17(23)4-3-15-20(24)18(25-21(15)16)11-19-14(2)7-10-26-19/h3-4,7,10-11,13,23H,5-6,8-9,12H2,1-2H3. The Morgan fingerprint density at radius 3 is 2.77 bits per heavy atom. The average Bonchev–Trinajstić information content (AvgIpc) is 3.17. The number of benzene rings is 1. The highest BCUT2D eigenvalue weighted by Crippen LogP contribution is 2.38. The predicted molar refractivity (Wildman–Crippen MR) is 101 cm³/mol. The first kappa shape index (κ1) is 17.3. The van der Waals surface area contributed by atoms with E-state index in [1.54, 1.807) is 23.5 Å². The van der Waals surface area contributed by atoms with E-state index in [0.717, 1.165) is 29.4 Å². The fraction of sp³-hybridized carbons (Fsp3) is 0.381. The molecule has 0 radical (unpaired) electrons. The first-order chi connectivity index (χ1) is 12.5. The van der Waals surface area contributed by atoms with E-state index in [4.69, 9.17) is 4.74 Å². The summed E-state index contributed by atoms with van der Waals surface area (Å²) < 4.78 is 5.93. The zero-order valence-electron chi connectivity index (χ0n) is 15.1. The number of ketones is 1. The number of quaternary nitrogens is 1. The minimum atomic E-state index is -0.128. The molecule has 1 aromatic carbocycles. The first-order valence-corrected chi connectivity index (χ1v) is 10.1. The molecule has 0 spiro atoms. The lowest BCUT2D eigenvalue weighted by Crippen LogP contribution is -3.11. The van der Waals surface area contributed by atoms with Crippen LogP contribution in [0.25, 0.3) is 6.08 Å². The number of nitrogens with one attached hydrogen (secondary N) is 1. The smallest absolute Gasteiger partial charge is 0.232 e. The van der Waals surface area contributed by atoms with Crippen LogP contribution >= 0.6 is 11.3 Å². The highest BCUT2D eigenvalue weighted by atomic mass is 32.1. The molecular weight excluding hydrogens is 346 g/mol. The van der Waals surface area contributed by atoms with Crippen LogP contribution in [0, 0.1) is 12.8 Å². The lowest BCUT2D eigenvalue weighted by Gasteiger charge is -2.29. The molecule has 0 saturated carbocycles. The minimum Gasteiger partial charge on any atom is -0.872 e. The van der Waals surface area contributed by atoms with Crippen molar-refractivity contribution in [1.29, 1.82) is 0 Å². The highest BCUT2D eigenvalue weighted by Gasteiger charge is 2.31. The van der Waals surface area contributed by atoms with Gasteiger partial charge in [-0.05, 0) is 48.8 Å². The van der Waals surface area contributed by atoms with Crippen LogP contribution in [-0.4, -0.2) is 18.9 Å². The quantitative estimate of drug-likeness (QED) is 0.846. The molecule has 2 aromatic rings. The van der Waals surface area contributed by atoms with E-state index in [9.17, 15) is 9.90 Å². The average molecular weight is 369 g/mol. The van der Waals surface area contributed by atoms with Gasteiger partial charge in [0.25, 0.3) is 0 Å². The number of ether oxygens (including phenoxy) is 1. The summed E-state index contributed by atoms with van der Waals surface area (Å²) in [5, 5.41) is 14.5. The van der Waals surface area contributed by atoms with Gasteiger partial charge in [0, 0.05) is 16.5 Å². The fourth-order valence-electron chi connectivity index (χ4n) is 3.71. The number of fused-ring (bicyclic) bond motifs is 1. The van der Waals surface area contributed by atoms with Gasteiger partial charge < -0.3 is 14.7 Å². The normalized spacial score (nSPS) is 23.9. The molecule has 1 aromatic heterocycles. The maximum Gasteiger partial charge on any atom is 0.232 e. The van der Waals surface area contributed by atoms with Gasteiger partial charge in [-0.2, -0.15) is 0 Å². The molecule has 1 fully saturated rings. The van der Waals surface area contributed by atoms with Crippen molar-refractivity contribution in [3.05, 3.63) is 50.9 Å². The monoisotopic (exact) mass is 369 g/mol. The Morgan fingerprint density at radius 2 is 2.08 bits per heavy atom. The van der Waals surface area contributed by atoms with E-state index >= 15 is 0 Å². The van der Waals surface area contributed by atoms with E-state index in [-0.39, 0.29) is 11.5 Å². The third kappa shape index (κ3) is 3.17. The van der Waals surface area contributed by atoms with Gasteiger partial charge in [0.05, 0.1) is 18.7 Å². The van der Waals surface area contributed by atoms with Crippen molar-refractivity contribution in [2.75, 3.05) is 13.1 Å². The number of hydrogen-bond acceptors (Lipinski definition) is 4. The molecule has 136 valence electrons. The van der Waals surface area contributed by atoms with Gasteiger partial charge in [-0.15, -0.1) is 11.3 Å². The summed E-state index contributed by atoms with van der Waals surface area (Å²) >= 11 is 1.58. The molecule has 4 nitrogen and oxygen atoms in total. The van der Waals surface area contributed by atoms with E-state index in [2.05, 4.69) is 6.92 Å². The van der Waals surface area contributed by atoms with Crippen molar-refractivity contribution >= 4 is 23.2 Å². The number of piperidine rings is 1. The predicted octanol–water partition coefficient (Wildman–Crippen LogP) is 2.56. The van der Waals surface area contributed by atoms with Gasteiger partial charge in [0.1, 0.15) is 12.3 Å². The summed E-state index contributed by atoms with van der Waals surface area (Å²) in [4.78, 5) is 15.1. The second-order valence-corrected chi connectivity index (χ2v) is 8.38. The molecule has 4 rings (SSSR count). The number of likely N-dealkylation sites (tertiary alicyclic amines) is 1. The number of carbonyl (C=O) groups excluding carboxylic acids is 1. The van der Waals surface area contributed by atoms with E-state index < -0.39 is 0 Å². The van der Waals surface area contributed by atoms with Gasteiger partial charge in [0.2, 0.25) is 5.78 Å². The number of carbonyl (C=O) groups is 1. The Morgan fingerprint density at radius 1 is 1.31 bits per heavy atom. The van der Waals surface area contributed by atoms with E-state index in [0.29, 0.717) is 29.2 Å². The lowest BCUT2D eigenvalue weighted by molar-refractivity contribution is -0.919. The summed E-state index contributed by atoms with van der Waals surface area (Å²) in [5.74, 6) is 1.40. The number of allylic oxidation sites excluding steroid dienone is 1. The van der Waals surface area contributed by atoms with Gasteiger partial charge in [0.15, 0.2) is 5.76 Å². The zero-order chi connectivity index (χ0) is 18.3. The number of hydrogen-bond donors (Lipinski definition) is 1. The topological polar surface area (TPSA) is 53.8 Å². The van der Waals surface area contributed by atoms with Gasteiger partial charge in [-0.25, -0.2) is 0 Å². The number of Topliss-reactive ketones (excluding diaryl/α,β-unsaturated/α-hetero) is 1. The summed E-state index contributed by atoms with van der Waals surface area (Å²) in [7, 11) is 0. The highest BCUT2D eigenvalue weighted by molar-refractivity contribution is 7.11. The Balaban J connectivity index is 1.63.